The lowest BCUT2D eigenvalue weighted by Crippen LogP contribution is -2.60. The predicted molar refractivity (Wildman–Crippen MR) is 213 cm³/mol. The normalized spacial score (nSPS) is 17.8. The molecule has 0 spiro atoms. The number of Topliss-reactive ketones (excluding diaryl/α,β-unsaturated/α-hetero) is 1. The Morgan fingerprint density at radius 2 is 1.52 bits per heavy atom. The number of amides is 5. The van der Waals surface area contributed by atoms with Gasteiger partial charge >= 0.3 is 11.9 Å². The highest BCUT2D eigenvalue weighted by molar-refractivity contribution is 6.11. The van der Waals surface area contributed by atoms with Crippen molar-refractivity contribution in [3.05, 3.63) is 59.9 Å². The highest BCUT2D eigenvalue weighted by atomic mass is 19.3. The first kappa shape index (κ1) is 46.8. The Hall–Kier alpha value is -5.61. The van der Waals surface area contributed by atoms with Gasteiger partial charge in [-0.05, 0) is 47.6 Å². The highest BCUT2D eigenvalue weighted by Gasteiger charge is 2.52. The summed E-state index contributed by atoms with van der Waals surface area (Å²) in [6.07, 6.45) is 0.101. The smallest absolute Gasteiger partial charge is 0.383 e. The van der Waals surface area contributed by atoms with Gasteiger partial charge in [0.05, 0.1) is 18.6 Å². The summed E-state index contributed by atoms with van der Waals surface area (Å²) >= 11 is 0. The van der Waals surface area contributed by atoms with Gasteiger partial charge in [-0.1, -0.05) is 77.4 Å². The van der Waals surface area contributed by atoms with Gasteiger partial charge in [0.1, 0.15) is 29.9 Å². The Bertz CT molecular complexity index is 1870. The standard InChI is InChI=1S/C41H57F2N7O8/c1-10-13-30(35(52)41(42,43)40(57)46-24(6)27-17-16-26-14-11-12-15-28(26)18-27)47-37(54)32-19-29(58-25(7)51)21-50(32)39(56)34(23(4)5)49-38(55)33(22(2)3)48-36(53)31(45-9)20-44-8/h11-12,14-18,20,22-24,29-30,32-34,44-45H,10,13,19,21H2,1-9H3,(H,46,57)(H,47,54)(H,48,53)(H,49,55)/b31-20-/t24?,29-,30+,32?,33+,34?/m1/s1. The van der Waals surface area contributed by atoms with Gasteiger partial charge in [0, 0.05) is 33.6 Å². The van der Waals surface area contributed by atoms with Gasteiger partial charge in [-0.2, -0.15) is 8.78 Å². The van der Waals surface area contributed by atoms with Crippen LogP contribution in [0.2, 0.25) is 0 Å². The van der Waals surface area contributed by atoms with E-state index < -0.39 is 95.4 Å². The monoisotopic (exact) mass is 813 g/mol. The summed E-state index contributed by atoms with van der Waals surface area (Å²) in [4.78, 5) is 94.1. The van der Waals surface area contributed by atoms with Crippen LogP contribution in [0.4, 0.5) is 8.78 Å². The fourth-order valence-electron chi connectivity index (χ4n) is 6.70. The number of likely N-dealkylation sites (tertiary alicyclic amines) is 1. The van der Waals surface area contributed by atoms with E-state index in [1.165, 1.54) is 20.2 Å². The zero-order chi connectivity index (χ0) is 43.5. The van der Waals surface area contributed by atoms with E-state index in [2.05, 4.69) is 31.9 Å². The minimum absolute atomic E-state index is 0.147. The number of likely N-dealkylation sites (N-methyl/N-ethyl adjacent to an activating group) is 1. The molecule has 0 saturated carbocycles. The zero-order valence-electron chi connectivity index (χ0n) is 34.5. The summed E-state index contributed by atoms with van der Waals surface area (Å²) in [7, 11) is 3.13. The molecule has 58 heavy (non-hydrogen) atoms. The third-order valence-electron chi connectivity index (χ3n) is 9.88. The summed E-state index contributed by atoms with van der Waals surface area (Å²) in [5, 5.41) is 17.1. The number of hydrogen-bond acceptors (Lipinski definition) is 10. The molecule has 15 nitrogen and oxygen atoms in total. The van der Waals surface area contributed by atoms with Crippen molar-refractivity contribution in [2.24, 2.45) is 11.8 Å². The second-order valence-corrected chi connectivity index (χ2v) is 15.1. The van der Waals surface area contributed by atoms with Crippen molar-refractivity contribution in [1.29, 1.82) is 0 Å². The van der Waals surface area contributed by atoms with Crippen molar-refractivity contribution in [2.45, 2.75) is 110 Å². The molecular formula is C41H57F2N7O8. The molecular weight excluding hydrogens is 756 g/mol. The van der Waals surface area contributed by atoms with Crippen LogP contribution in [-0.2, 0) is 38.3 Å². The maximum absolute atomic E-state index is 15.7. The molecule has 318 valence electrons. The van der Waals surface area contributed by atoms with Crippen molar-refractivity contribution in [1.82, 2.24) is 36.8 Å². The van der Waals surface area contributed by atoms with Gasteiger partial charge in [0.2, 0.25) is 23.5 Å². The number of ketones is 1. The number of nitrogens with one attached hydrogen (secondary N) is 6. The van der Waals surface area contributed by atoms with Crippen LogP contribution in [0.3, 0.4) is 0 Å². The topological polar surface area (TPSA) is 204 Å². The maximum Gasteiger partial charge on any atom is 0.383 e. The molecule has 0 bridgehead atoms. The van der Waals surface area contributed by atoms with Crippen molar-refractivity contribution in [2.75, 3.05) is 20.6 Å². The first-order chi connectivity index (χ1) is 27.3. The molecule has 2 aromatic carbocycles. The maximum atomic E-state index is 15.7. The zero-order valence-corrected chi connectivity index (χ0v) is 34.5. The SMILES string of the molecule is CCC[C@H](NC(=O)C1C[C@@H](OC(C)=O)CN1C(=O)C(NC(=O)[C@@H](NC(=O)/C(=C/NC)NC)C(C)C)C(C)C)C(=O)C(F)(F)C(=O)NC(C)c1ccc2ccccc2c1. The summed E-state index contributed by atoms with van der Waals surface area (Å²) in [6.45, 7) is 10.7. The van der Waals surface area contributed by atoms with Crippen LogP contribution in [0.5, 0.6) is 0 Å². The van der Waals surface area contributed by atoms with E-state index in [1.807, 2.05) is 24.3 Å². The molecule has 1 heterocycles. The highest BCUT2D eigenvalue weighted by Crippen LogP contribution is 2.27. The molecule has 0 aliphatic carbocycles. The fraction of sp³-hybridized carbons (Fsp3) is 0.537. The van der Waals surface area contributed by atoms with E-state index in [0.29, 0.717) is 5.56 Å². The summed E-state index contributed by atoms with van der Waals surface area (Å²) in [6, 6.07) is 6.14. The van der Waals surface area contributed by atoms with Crippen LogP contribution in [-0.4, -0.2) is 103 Å². The number of nitrogens with zero attached hydrogens (tertiary/aromatic N) is 1. The van der Waals surface area contributed by atoms with E-state index in [0.717, 1.165) is 22.6 Å². The van der Waals surface area contributed by atoms with Crippen molar-refractivity contribution in [3.8, 4) is 0 Å². The molecule has 17 heteroatoms. The summed E-state index contributed by atoms with van der Waals surface area (Å²) in [5.41, 5.74) is 0.681. The van der Waals surface area contributed by atoms with Crippen molar-refractivity contribution < 1.29 is 47.1 Å². The Labute approximate surface area is 337 Å². The number of benzene rings is 2. The number of halogens is 2. The molecule has 6 N–H and O–H groups in total. The molecule has 1 aliphatic rings. The number of alkyl halides is 2. The number of carbonyl (C=O) groups is 7. The van der Waals surface area contributed by atoms with Crippen molar-refractivity contribution >= 4 is 52.1 Å². The van der Waals surface area contributed by atoms with Gasteiger partial charge < -0.3 is 41.5 Å². The second kappa shape index (κ2) is 20.7. The minimum Gasteiger partial charge on any atom is -0.461 e. The third kappa shape index (κ3) is 11.7. The first-order valence-electron chi connectivity index (χ1n) is 19.4. The number of hydrogen-bond donors (Lipinski definition) is 6. The number of ether oxygens (including phenoxy) is 1. The predicted octanol–water partition coefficient (Wildman–Crippen LogP) is 2.60. The molecule has 6 atom stereocenters. The lowest BCUT2D eigenvalue weighted by Gasteiger charge is -2.32. The largest absolute Gasteiger partial charge is 0.461 e. The first-order valence-corrected chi connectivity index (χ1v) is 19.4. The van der Waals surface area contributed by atoms with E-state index in [4.69, 9.17) is 4.74 Å². The van der Waals surface area contributed by atoms with E-state index >= 15 is 8.78 Å². The molecule has 3 rings (SSSR count). The Kier molecular flexibility index (Phi) is 16.7. The summed E-state index contributed by atoms with van der Waals surface area (Å²) < 4.78 is 36.7. The van der Waals surface area contributed by atoms with Crippen LogP contribution in [0.25, 0.3) is 10.8 Å². The van der Waals surface area contributed by atoms with Crippen LogP contribution in [0.15, 0.2) is 54.4 Å². The van der Waals surface area contributed by atoms with Crippen LogP contribution < -0.4 is 31.9 Å². The quantitative estimate of drug-likeness (QED) is 0.0696. The third-order valence-corrected chi connectivity index (χ3v) is 9.88. The number of rotatable bonds is 19. The molecule has 3 unspecified atom stereocenters. The molecule has 1 aliphatic heterocycles. The summed E-state index contributed by atoms with van der Waals surface area (Å²) in [5.74, 6) is -12.9. The fourth-order valence-corrected chi connectivity index (χ4v) is 6.70. The molecule has 1 saturated heterocycles. The van der Waals surface area contributed by atoms with Gasteiger partial charge in [-0.25, -0.2) is 0 Å². The van der Waals surface area contributed by atoms with Gasteiger partial charge in [0.25, 0.3) is 11.8 Å². The number of carbonyl (C=O) groups excluding carboxylic acids is 7. The molecule has 5 amide bonds. The van der Waals surface area contributed by atoms with Crippen molar-refractivity contribution in [3.63, 3.8) is 0 Å². The van der Waals surface area contributed by atoms with Crippen LogP contribution in [0, 0.1) is 11.8 Å². The molecule has 0 radical (unpaired) electrons. The molecule has 2 aromatic rings. The Morgan fingerprint density at radius 3 is 2.09 bits per heavy atom. The van der Waals surface area contributed by atoms with E-state index in [1.54, 1.807) is 59.9 Å². The molecule has 1 fully saturated rings. The average molecular weight is 814 g/mol. The van der Waals surface area contributed by atoms with Crippen LogP contribution >= 0.6 is 0 Å². The average Bonchev–Trinajstić information content (AvgIpc) is 3.59. The number of esters is 1. The van der Waals surface area contributed by atoms with E-state index in [-0.39, 0.29) is 31.5 Å². The number of fused-ring (bicyclic) bond motifs is 1. The van der Waals surface area contributed by atoms with Gasteiger partial charge in [-0.3, -0.25) is 33.6 Å². The lowest BCUT2D eigenvalue weighted by atomic mass is 9.98. The second-order valence-electron chi connectivity index (χ2n) is 15.1. The lowest BCUT2D eigenvalue weighted by molar-refractivity contribution is -0.161. The van der Waals surface area contributed by atoms with Crippen LogP contribution in [0.1, 0.15) is 79.3 Å². The van der Waals surface area contributed by atoms with Gasteiger partial charge in [0.15, 0.2) is 0 Å². The Balaban J connectivity index is 1.84. The Morgan fingerprint density at radius 1 is 0.879 bits per heavy atom. The van der Waals surface area contributed by atoms with E-state index in [9.17, 15) is 33.6 Å². The minimum atomic E-state index is -4.55. The van der Waals surface area contributed by atoms with Gasteiger partial charge in [-0.15, -0.1) is 0 Å². The molecule has 0 aromatic heterocycles.